The minimum absolute atomic E-state index is 0.789. The fourth-order valence-electron chi connectivity index (χ4n) is 2.34. The number of likely N-dealkylation sites (N-methyl/N-ethyl adjacent to an activating group) is 1. The van der Waals surface area contributed by atoms with Gasteiger partial charge in [-0.15, -0.1) is 0 Å². The number of pyridine rings is 1. The number of nitrogens with zero attached hydrogens (tertiary/aromatic N) is 3. The summed E-state index contributed by atoms with van der Waals surface area (Å²) in [6.07, 6.45) is 0. The molecule has 0 spiro atoms. The van der Waals surface area contributed by atoms with Crippen LogP contribution >= 0.6 is 0 Å². The largest absolute Gasteiger partial charge is 0.399 e. The van der Waals surface area contributed by atoms with Gasteiger partial charge in [0, 0.05) is 37.3 Å². The maximum absolute atomic E-state index is 5.78. The molecule has 0 atom stereocenters. The summed E-state index contributed by atoms with van der Waals surface area (Å²) in [6.45, 7) is 4.29. The lowest BCUT2D eigenvalue weighted by Crippen LogP contribution is -2.44. The van der Waals surface area contributed by atoms with Gasteiger partial charge in [0.05, 0.1) is 5.52 Å². The quantitative estimate of drug-likeness (QED) is 0.771. The first-order valence-corrected chi connectivity index (χ1v) is 6.32. The van der Waals surface area contributed by atoms with Crippen molar-refractivity contribution < 1.29 is 0 Å². The van der Waals surface area contributed by atoms with Gasteiger partial charge in [-0.2, -0.15) is 0 Å². The van der Waals surface area contributed by atoms with Crippen molar-refractivity contribution in [1.29, 1.82) is 0 Å². The van der Waals surface area contributed by atoms with Crippen LogP contribution in [0.5, 0.6) is 0 Å². The third-order valence-electron chi connectivity index (χ3n) is 3.53. The zero-order valence-electron chi connectivity index (χ0n) is 10.6. The van der Waals surface area contributed by atoms with E-state index in [0.717, 1.165) is 48.6 Å². The first-order chi connectivity index (χ1) is 8.72. The zero-order valence-corrected chi connectivity index (χ0v) is 10.6. The zero-order chi connectivity index (χ0) is 12.5. The van der Waals surface area contributed by atoms with Crippen LogP contribution in [0.15, 0.2) is 30.3 Å². The molecule has 1 aliphatic rings. The van der Waals surface area contributed by atoms with E-state index in [1.807, 2.05) is 18.2 Å². The molecule has 0 bridgehead atoms. The lowest BCUT2D eigenvalue weighted by Gasteiger charge is -2.33. The molecular weight excluding hydrogens is 224 g/mol. The van der Waals surface area contributed by atoms with Gasteiger partial charge in [-0.05, 0) is 37.4 Å². The van der Waals surface area contributed by atoms with E-state index in [0.29, 0.717) is 0 Å². The van der Waals surface area contributed by atoms with E-state index in [1.165, 1.54) is 0 Å². The molecule has 1 aromatic carbocycles. The molecule has 2 N–H and O–H groups in total. The fourth-order valence-corrected chi connectivity index (χ4v) is 2.34. The SMILES string of the molecule is CN1CCN(c2ccc3cc(N)ccc3n2)CC1. The van der Waals surface area contributed by atoms with E-state index in [9.17, 15) is 0 Å². The Balaban J connectivity index is 1.91. The van der Waals surface area contributed by atoms with Crippen molar-refractivity contribution in [2.75, 3.05) is 43.9 Å². The highest BCUT2D eigenvalue weighted by Gasteiger charge is 2.15. The molecule has 2 heterocycles. The number of anilines is 2. The Kier molecular flexibility index (Phi) is 2.80. The number of benzene rings is 1. The van der Waals surface area contributed by atoms with Crippen LogP contribution in [-0.2, 0) is 0 Å². The van der Waals surface area contributed by atoms with Gasteiger partial charge in [-0.3, -0.25) is 0 Å². The molecule has 1 aromatic heterocycles. The molecule has 3 rings (SSSR count). The number of aromatic nitrogens is 1. The normalized spacial score (nSPS) is 17.3. The van der Waals surface area contributed by atoms with Crippen LogP contribution < -0.4 is 10.6 Å². The highest BCUT2D eigenvalue weighted by atomic mass is 15.3. The first kappa shape index (κ1) is 11.3. The van der Waals surface area contributed by atoms with Crippen molar-refractivity contribution >= 4 is 22.4 Å². The van der Waals surface area contributed by atoms with Crippen molar-refractivity contribution in [2.24, 2.45) is 0 Å². The van der Waals surface area contributed by atoms with Crippen LogP contribution in [0, 0.1) is 0 Å². The summed E-state index contributed by atoms with van der Waals surface area (Å²) in [4.78, 5) is 9.41. The van der Waals surface area contributed by atoms with E-state index in [-0.39, 0.29) is 0 Å². The highest BCUT2D eigenvalue weighted by molar-refractivity contribution is 5.83. The van der Waals surface area contributed by atoms with Crippen LogP contribution in [0.2, 0.25) is 0 Å². The van der Waals surface area contributed by atoms with Crippen molar-refractivity contribution in [2.45, 2.75) is 0 Å². The number of nitrogens with two attached hydrogens (primary N) is 1. The molecule has 0 saturated carbocycles. The molecular formula is C14H18N4. The second-order valence-electron chi connectivity index (χ2n) is 4.91. The van der Waals surface area contributed by atoms with Gasteiger partial charge < -0.3 is 15.5 Å². The Morgan fingerprint density at radius 3 is 2.61 bits per heavy atom. The predicted molar refractivity (Wildman–Crippen MR) is 75.9 cm³/mol. The molecule has 1 saturated heterocycles. The van der Waals surface area contributed by atoms with E-state index < -0.39 is 0 Å². The third kappa shape index (κ3) is 2.11. The van der Waals surface area contributed by atoms with Gasteiger partial charge in [-0.1, -0.05) is 0 Å². The minimum Gasteiger partial charge on any atom is -0.399 e. The standard InChI is InChI=1S/C14H18N4/c1-17-6-8-18(9-7-17)14-5-2-11-10-12(15)3-4-13(11)16-14/h2-5,10H,6-9,15H2,1H3. The van der Waals surface area contributed by atoms with Crippen LogP contribution in [0.1, 0.15) is 0 Å². The summed E-state index contributed by atoms with van der Waals surface area (Å²) in [6, 6.07) is 10.1. The Bertz CT molecular complexity index is 559. The second kappa shape index (κ2) is 4.46. The summed E-state index contributed by atoms with van der Waals surface area (Å²) in [5, 5.41) is 1.10. The lowest BCUT2D eigenvalue weighted by molar-refractivity contribution is 0.312. The molecule has 2 aromatic rings. The summed E-state index contributed by atoms with van der Waals surface area (Å²) in [5.41, 5.74) is 7.58. The molecule has 1 aliphatic heterocycles. The Hall–Kier alpha value is -1.81. The van der Waals surface area contributed by atoms with Crippen LogP contribution in [0.25, 0.3) is 10.9 Å². The highest BCUT2D eigenvalue weighted by Crippen LogP contribution is 2.20. The number of hydrogen-bond donors (Lipinski definition) is 1. The smallest absolute Gasteiger partial charge is 0.129 e. The topological polar surface area (TPSA) is 45.4 Å². The number of rotatable bonds is 1. The average molecular weight is 242 g/mol. The second-order valence-corrected chi connectivity index (χ2v) is 4.91. The molecule has 4 heteroatoms. The maximum atomic E-state index is 5.78. The maximum Gasteiger partial charge on any atom is 0.129 e. The number of fused-ring (bicyclic) bond motifs is 1. The van der Waals surface area contributed by atoms with E-state index in [1.54, 1.807) is 0 Å². The summed E-state index contributed by atoms with van der Waals surface area (Å²) in [5.74, 6) is 1.07. The van der Waals surface area contributed by atoms with E-state index >= 15 is 0 Å². The Morgan fingerprint density at radius 2 is 1.83 bits per heavy atom. The minimum atomic E-state index is 0.789. The number of piperazine rings is 1. The van der Waals surface area contributed by atoms with Gasteiger partial charge >= 0.3 is 0 Å². The predicted octanol–water partition coefficient (Wildman–Crippen LogP) is 1.57. The van der Waals surface area contributed by atoms with Gasteiger partial charge in [0.2, 0.25) is 0 Å². The first-order valence-electron chi connectivity index (χ1n) is 6.32. The fraction of sp³-hybridized carbons (Fsp3) is 0.357. The molecule has 18 heavy (non-hydrogen) atoms. The Morgan fingerprint density at radius 1 is 1.06 bits per heavy atom. The monoisotopic (exact) mass is 242 g/mol. The molecule has 0 unspecified atom stereocenters. The lowest BCUT2D eigenvalue weighted by atomic mass is 10.2. The summed E-state index contributed by atoms with van der Waals surface area (Å²) >= 11 is 0. The molecule has 94 valence electrons. The van der Waals surface area contributed by atoms with Crippen LogP contribution in [0.4, 0.5) is 11.5 Å². The van der Waals surface area contributed by atoms with Gasteiger partial charge in [-0.25, -0.2) is 4.98 Å². The molecule has 0 aliphatic carbocycles. The number of hydrogen-bond acceptors (Lipinski definition) is 4. The van der Waals surface area contributed by atoms with Crippen molar-refractivity contribution in [3.05, 3.63) is 30.3 Å². The van der Waals surface area contributed by atoms with E-state index in [4.69, 9.17) is 10.7 Å². The number of nitrogen functional groups attached to an aromatic ring is 1. The van der Waals surface area contributed by atoms with Crippen LogP contribution in [-0.4, -0.2) is 43.1 Å². The van der Waals surface area contributed by atoms with Crippen LogP contribution in [0.3, 0.4) is 0 Å². The van der Waals surface area contributed by atoms with E-state index in [2.05, 4.69) is 29.0 Å². The van der Waals surface area contributed by atoms with Gasteiger partial charge in [0.25, 0.3) is 0 Å². The van der Waals surface area contributed by atoms with Crippen molar-refractivity contribution in [3.63, 3.8) is 0 Å². The molecule has 0 radical (unpaired) electrons. The third-order valence-corrected chi connectivity index (χ3v) is 3.53. The molecule has 1 fully saturated rings. The summed E-state index contributed by atoms with van der Waals surface area (Å²) in [7, 11) is 2.16. The molecule has 4 nitrogen and oxygen atoms in total. The molecule has 0 amide bonds. The average Bonchev–Trinajstić information content (AvgIpc) is 2.39. The summed E-state index contributed by atoms with van der Waals surface area (Å²) < 4.78 is 0. The van der Waals surface area contributed by atoms with Crippen molar-refractivity contribution in [3.8, 4) is 0 Å². The van der Waals surface area contributed by atoms with Crippen molar-refractivity contribution in [1.82, 2.24) is 9.88 Å². The van der Waals surface area contributed by atoms with Gasteiger partial charge in [0.1, 0.15) is 5.82 Å². The Labute approximate surface area is 107 Å². The van der Waals surface area contributed by atoms with Gasteiger partial charge in [0.15, 0.2) is 0 Å².